The molecule has 6 rings (SSSR count). The molecule has 2 atom stereocenters. The number of H-pyrrole nitrogens is 1. The van der Waals surface area contributed by atoms with Crippen LogP contribution in [0.2, 0.25) is 0 Å². The molecule has 2 N–H and O–H groups in total. The topological polar surface area (TPSA) is 126 Å². The van der Waals surface area contributed by atoms with Gasteiger partial charge in [0, 0.05) is 0 Å². The van der Waals surface area contributed by atoms with Gasteiger partial charge in [0.15, 0.2) is 0 Å². The van der Waals surface area contributed by atoms with Crippen LogP contribution in [0, 0.1) is 0 Å². The van der Waals surface area contributed by atoms with Crippen molar-refractivity contribution in [2.75, 3.05) is 16.8 Å². The molecule has 0 radical (unpaired) electrons. The molecule has 3 aliphatic rings. The van der Waals surface area contributed by atoms with Crippen LogP contribution in [0.25, 0.3) is 0 Å². The quantitative estimate of drug-likeness (QED) is 0.465. The van der Waals surface area contributed by atoms with E-state index in [-0.39, 0.29) is 18.0 Å². The van der Waals surface area contributed by atoms with E-state index in [0.717, 1.165) is 48.8 Å². The fourth-order valence-corrected chi connectivity index (χ4v) is 7.74. The van der Waals surface area contributed by atoms with E-state index in [1.165, 1.54) is 47.8 Å². The van der Waals surface area contributed by atoms with E-state index in [0.29, 0.717) is 11.9 Å². The zero-order valence-electron chi connectivity index (χ0n) is 18.4. The number of nitrogens with zero attached hydrogens (tertiary/aromatic N) is 6. The maximum atomic E-state index is 12.9. The molecule has 1 amide bonds. The first-order valence-corrected chi connectivity index (χ1v) is 13.9. The van der Waals surface area contributed by atoms with Crippen molar-refractivity contribution >= 4 is 42.6 Å². The van der Waals surface area contributed by atoms with Gasteiger partial charge in [-0.05, 0) is 0 Å². The Morgan fingerprint density at radius 2 is 2.06 bits per heavy atom. The van der Waals surface area contributed by atoms with Crippen molar-refractivity contribution in [3.8, 4) is 0 Å². The number of hydrogen-bond acceptors (Lipinski definition) is 8. The standard InChI is InChI=1S/C22H27AsN8O2/c32-20(27-22-30-24-12-33-22)17-9-4-10-31(17)21-25-15-8-3-7-14(15)19(26-21)23-18-11-16(28-29-18)13-5-1-2-6-13/h11-13,17,23H,1-10H2,(H,28,29)(H,27,30,32)/t17-/m0/s1. The molecule has 1 unspecified atom stereocenters. The summed E-state index contributed by atoms with van der Waals surface area (Å²) in [6.07, 6.45) is 11.1. The van der Waals surface area contributed by atoms with E-state index in [2.05, 4.69) is 31.8 Å². The van der Waals surface area contributed by atoms with Gasteiger partial charge in [-0.15, -0.1) is 0 Å². The van der Waals surface area contributed by atoms with E-state index in [1.54, 1.807) is 0 Å². The van der Waals surface area contributed by atoms with Crippen LogP contribution >= 0.6 is 0 Å². The molecule has 0 bridgehead atoms. The molecule has 2 fully saturated rings. The van der Waals surface area contributed by atoms with Crippen LogP contribution in [0.15, 0.2) is 16.9 Å². The monoisotopic (exact) mass is 510 g/mol. The minimum atomic E-state index is -0.687. The summed E-state index contributed by atoms with van der Waals surface area (Å²) in [6, 6.07) is 2.05. The van der Waals surface area contributed by atoms with Crippen LogP contribution in [0.3, 0.4) is 0 Å². The van der Waals surface area contributed by atoms with Gasteiger partial charge in [0.25, 0.3) is 0 Å². The van der Waals surface area contributed by atoms with Crippen LogP contribution in [0.5, 0.6) is 0 Å². The third-order valence-electron chi connectivity index (χ3n) is 6.96. The van der Waals surface area contributed by atoms with Crippen molar-refractivity contribution in [3.63, 3.8) is 0 Å². The molecule has 3 aromatic rings. The number of nitrogens with one attached hydrogen (secondary N) is 2. The molecule has 3 aromatic heterocycles. The predicted octanol–water partition coefficient (Wildman–Crippen LogP) is 0.724. The molecule has 1 saturated heterocycles. The average molecular weight is 510 g/mol. The Morgan fingerprint density at radius 1 is 1.15 bits per heavy atom. The second kappa shape index (κ2) is 8.89. The molecule has 2 aliphatic carbocycles. The number of aromatic nitrogens is 6. The molecule has 0 spiro atoms. The van der Waals surface area contributed by atoms with Crippen molar-refractivity contribution in [1.29, 1.82) is 0 Å². The zero-order chi connectivity index (χ0) is 22.2. The van der Waals surface area contributed by atoms with E-state index in [1.807, 2.05) is 4.90 Å². The van der Waals surface area contributed by atoms with Crippen LogP contribution in [0.1, 0.15) is 67.8 Å². The van der Waals surface area contributed by atoms with Gasteiger partial charge in [-0.2, -0.15) is 0 Å². The van der Waals surface area contributed by atoms with Gasteiger partial charge >= 0.3 is 198 Å². The fraction of sp³-hybridized carbons (Fsp3) is 0.545. The number of carbonyl (C=O) groups is 1. The fourth-order valence-electron chi connectivity index (χ4n) is 5.31. The number of fused-ring (bicyclic) bond motifs is 1. The maximum absolute atomic E-state index is 12.9. The Hall–Kier alpha value is -2.74. The summed E-state index contributed by atoms with van der Waals surface area (Å²) in [5, 5.41) is 18.1. The molecule has 0 aromatic carbocycles. The molecule has 1 aliphatic heterocycles. The molecule has 11 heteroatoms. The van der Waals surface area contributed by atoms with Crippen molar-refractivity contribution in [3.05, 3.63) is 29.4 Å². The van der Waals surface area contributed by atoms with Crippen LogP contribution < -0.4 is 19.2 Å². The second-order valence-corrected chi connectivity index (χ2v) is 11.6. The zero-order valence-corrected chi connectivity index (χ0v) is 20.5. The molecule has 172 valence electrons. The normalized spacial score (nSPS) is 20.8. The van der Waals surface area contributed by atoms with Crippen molar-refractivity contribution in [2.24, 2.45) is 0 Å². The second-order valence-electron chi connectivity index (χ2n) is 9.05. The first-order valence-electron chi connectivity index (χ1n) is 11.8. The van der Waals surface area contributed by atoms with Gasteiger partial charge in [-0.3, -0.25) is 0 Å². The van der Waals surface area contributed by atoms with E-state index >= 15 is 0 Å². The number of aryl methyl sites for hydroxylation is 1. The Bertz CT molecular complexity index is 1140. The van der Waals surface area contributed by atoms with Crippen LogP contribution in [-0.2, 0) is 17.6 Å². The van der Waals surface area contributed by atoms with Gasteiger partial charge in [0.1, 0.15) is 0 Å². The van der Waals surface area contributed by atoms with E-state index in [4.69, 9.17) is 14.4 Å². The molecule has 4 heterocycles. The van der Waals surface area contributed by atoms with Gasteiger partial charge < -0.3 is 0 Å². The number of rotatable bonds is 6. The summed E-state index contributed by atoms with van der Waals surface area (Å²) in [4.78, 5) is 24.9. The number of aromatic amines is 1. The Morgan fingerprint density at radius 3 is 2.91 bits per heavy atom. The first kappa shape index (κ1) is 20.8. The van der Waals surface area contributed by atoms with E-state index in [9.17, 15) is 4.79 Å². The average Bonchev–Trinajstić information content (AvgIpc) is 3.64. The summed E-state index contributed by atoms with van der Waals surface area (Å²) in [7, 11) is 0. The minimum absolute atomic E-state index is 0.116. The van der Waals surface area contributed by atoms with Crippen molar-refractivity contribution in [2.45, 2.75) is 69.7 Å². The number of amides is 1. The third kappa shape index (κ3) is 4.16. The third-order valence-corrected chi connectivity index (χ3v) is 9.40. The Balaban J connectivity index is 1.25. The summed E-state index contributed by atoms with van der Waals surface area (Å²) >= 11 is -0.687. The van der Waals surface area contributed by atoms with Crippen LogP contribution in [0.4, 0.5) is 12.0 Å². The number of carbonyl (C=O) groups excluding carboxylic acids is 1. The SMILES string of the molecule is O=C(Nc1nnco1)[C@@H]1CCCN1c1nc2c(c([AsH]c3cc(C4CCCC4)[nH]n3)n1)CCC2. The van der Waals surface area contributed by atoms with Gasteiger partial charge in [0.2, 0.25) is 0 Å². The molecular formula is C22H27AsN8O2. The molecule has 10 nitrogen and oxygen atoms in total. The summed E-state index contributed by atoms with van der Waals surface area (Å²) in [5.41, 5.74) is 3.75. The van der Waals surface area contributed by atoms with Crippen LogP contribution in [-0.4, -0.2) is 64.6 Å². The van der Waals surface area contributed by atoms with Crippen molar-refractivity contribution < 1.29 is 9.21 Å². The van der Waals surface area contributed by atoms with Crippen molar-refractivity contribution in [1.82, 2.24) is 30.4 Å². The predicted molar refractivity (Wildman–Crippen MR) is 124 cm³/mol. The first-order chi connectivity index (χ1) is 16.2. The number of hydrogen-bond donors (Lipinski definition) is 2. The number of anilines is 2. The molecule has 1 saturated carbocycles. The van der Waals surface area contributed by atoms with Gasteiger partial charge in [-0.1, -0.05) is 0 Å². The van der Waals surface area contributed by atoms with Gasteiger partial charge in [0.05, 0.1) is 0 Å². The summed E-state index contributed by atoms with van der Waals surface area (Å²) < 4.78 is 7.40. The molecule has 33 heavy (non-hydrogen) atoms. The summed E-state index contributed by atoms with van der Waals surface area (Å²) in [5.74, 6) is 1.14. The Labute approximate surface area is 198 Å². The molecular weight excluding hydrogens is 483 g/mol. The Kier molecular flexibility index (Phi) is 5.61. The summed E-state index contributed by atoms with van der Waals surface area (Å²) in [6.45, 7) is 0.758. The van der Waals surface area contributed by atoms with E-state index < -0.39 is 15.8 Å². The van der Waals surface area contributed by atoms with Gasteiger partial charge in [-0.25, -0.2) is 0 Å².